The lowest BCUT2D eigenvalue weighted by molar-refractivity contribution is 0.187. The van der Waals surface area contributed by atoms with Gasteiger partial charge in [-0.3, -0.25) is 9.67 Å². The van der Waals surface area contributed by atoms with E-state index in [9.17, 15) is 0 Å². The number of fused-ring (bicyclic) bond motifs is 2. The summed E-state index contributed by atoms with van der Waals surface area (Å²) in [6, 6.07) is 10.6. The fourth-order valence-corrected chi connectivity index (χ4v) is 4.92. The number of rotatable bonds is 4. The monoisotopic (exact) mass is 438 g/mol. The summed E-state index contributed by atoms with van der Waals surface area (Å²) in [5, 5.41) is 7.81. The fourth-order valence-electron chi connectivity index (χ4n) is 4.92. The standard InChI is InChI=1S/C26H26N6O/c1-2-31-10-7-19(8-11-31)32-16-18(14-30-32)23-15-29-26(27)25-22(23)12-24(33-25)21-5-3-4-17-13-28-9-6-20(17)21/h3-6,9,12-16,19H,2,7-8,10-11H2,1H3,(H2,27,29). The van der Waals surface area contributed by atoms with Gasteiger partial charge in [-0.15, -0.1) is 0 Å². The van der Waals surface area contributed by atoms with E-state index in [1.165, 1.54) is 0 Å². The molecule has 1 aliphatic heterocycles. The number of piperidine rings is 1. The maximum atomic E-state index is 6.26. The third-order valence-electron chi connectivity index (χ3n) is 6.82. The number of furan rings is 1. The van der Waals surface area contributed by atoms with Crippen LogP contribution in [0.15, 0.2) is 65.7 Å². The molecule has 0 amide bonds. The third kappa shape index (κ3) is 3.45. The number of nitrogens with zero attached hydrogens (tertiary/aromatic N) is 5. The summed E-state index contributed by atoms with van der Waals surface area (Å²) in [4.78, 5) is 11.2. The fraction of sp³-hybridized carbons (Fsp3) is 0.269. The highest BCUT2D eigenvalue weighted by molar-refractivity contribution is 6.03. The molecule has 1 aromatic carbocycles. The second kappa shape index (κ2) is 8.01. The molecule has 5 heterocycles. The number of nitrogens with two attached hydrogens (primary N) is 1. The van der Waals surface area contributed by atoms with E-state index in [0.29, 0.717) is 17.4 Å². The number of anilines is 1. The third-order valence-corrected chi connectivity index (χ3v) is 6.82. The minimum atomic E-state index is 0.390. The van der Waals surface area contributed by atoms with Crippen LogP contribution in [-0.2, 0) is 0 Å². The first-order valence-electron chi connectivity index (χ1n) is 11.5. The van der Waals surface area contributed by atoms with Crippen molar-refractivity contribution in [2.75, 3.05) is 25.4 Å². The van der Waals surface area contributed by atoms with E-state index in [4.69, 9.17) is 15.2 Å². The molecule has 0 spiro atoms. The van der Waals surface area contributed by atoms with Gasteiger partial charge >= 0.3 is 0 Å². The summed E-state index contributed by atoms with van der Waals surface area (Å²) in [7, 11) is 0. The van der Waals surface area contributed by atoms with Gasteiger partial charge in [-0.1, -0.05) is 25.1 Å². The van der Waals surface area contributed by atoms with E-state index in [1.54, 1.807) is 6.20 Å². The van der Waals surface area contributed by atoms with Crippen LogP contribution < -0.4 is 5.73 Å². The number of nitrogen functional groups attached to an aromatic ring is 1. The minimum Gasteiger partial charge on any atom is -0.452 e. The van der Waals surface area contributed by atoms with Crippen molar-refractivity contribution in [1.82, 2.24) is 24.6 Å². The lowest BCUT2D eigenvalue weighted by Crippen LogP contribution is -2.34. The molecule has 7 nitrogen and oxygen atoms in total. The number of benzene rings is 1. The van der Waals surface area contributed by atoms with Crippen molar-refractivity contribution in [3.63, 3.8) is 0 Å². The average molecular weight is 439 g/mol. The largest absolute Gasteiger partial charge is 0.452 e. The minimum absolute atomic E-state index is 0.390. The summed E-state index contributed by atoms with van der Waals surface area (Å²) in [6.07, 6.45) is 11.8. The van der Waals surface area contributed by atoms with Gasteiger partial charge in [0.15, 0.2) is 11.4 Å². The van der Waals surface area contributed by atoms with Crippen LogP contribution in [0, 0.1) is 0 Å². The van der Waals surface area contributed by atoms with Crippen LogP contribution in [-0.4, -0.2) is 44.3 Å². The molecule has 0 radical (unpaired) electrons. The van der Waals surface area contributed by atoms with Crippen molar-refractivity contribution in [2.24, 2.45) is 0 Å². The smallest absolute Gasteiger partial charge is 0.177 e. The van der Waals surface area contributed by atoms with Gasteiger partial charge < -0.3 is 15.1 Å². The number of likely N-dealkylation sites (tertiary alicyclic amines) is 1. The molecule has 166 valence electrons. The van der Waals surface area contributed by atoms with Crippen LogP contribution in [0.4, 0.5) is 5.82 Å². The molecule has 0 saturated carbocycles. The lowest BCUT2D eigenvalue weighted by atomic mass is 10.0. The van der Waals surface area contributed by atoms with Crippen molar-refractivity contribution in [2.45, 2.75) is 25.8 Å². The normalized spacial score (nSPS) is 15.5. The Bertz CT molecular complexity index is 1440. The van der Waals surface area contributed by atoms with Gasteiger partial charge in [0.2, 0.25) is 0 Å². The molecule has 0 unspecified atom stereocenters. The lowest BCUT2D eigenvalue weighted by Gasteiger charge is -2.31. The van der Waals surface area contributed by atoms with Gasteiger partial charge in [0.1, 0.15) is 5.76 Å². The average Bonchev–Trinajstić information content (AvgIpc) is 3.53. The summed E-state index contributed by atoms with van der Waals surface area (Å²) in [5.41, 5.74) is 9.84. The first-order chi connectivity index (χ1) is 16.2. The zero-order valence-corrected chi connectivity index (χ0v) is 18.6. The highest BCUT2D eigenvalue weighted by Crippen LogP contribution is 2.38. The zero-order chi connectivity index (χ0) is 22.4. The molecule has 6 rings (SSSR count). The van der Waals surface area contributed by atoms with Crippen molar-refractivity contribution in [3.05, 3.63) is 61.3 Å². The SMILES string of the molecule is CCN1CCC(n2cc(-c3cnc(N)c4oc(-c5cccc6cnccc56)cc34)cn2)CC1. The number of hydrogen-bond acceptors (Lipinski definition) is 6. The van der Waals surface area contributed by atoms with Gasteiger partial charge in [-0.05, 0) is 36.9 Å². The molecule has 1 fully saturated rings. The molecule has 5 aromatic rings. The Hall–Kier alpha value is -3.71. The molecule has 0 bridgehead atoms. The Labute approximate surface area is 191 Å². The van der Waals surface area contributed by atoms with Crippen LogP contribution in [0.2, 0.25) is 0 Å². The molecule has 1 saturated heterocycles. The second-order valence-electron chi connectivity index (χ2n) is 8.69. The van der Waals surface area contributed by atoms with Crippen LogP contribution in [0.1, 0.15) is 25.8 Å². The number of pyridine rings is 2. The molecule has 0 atom stereocenters. The van der Waals surface area contributed by atoms with Gasteiger partial charge in [-0.25, -0.2) is 4.98 Å². The summed E-state index contributed by atoms with van der Waals surface area (Å²) < 4.78 is 8.38. The van der Waals surface area contributed by atoms with Crippen LogP contribution in [0.3, 0.4) is 0 Å². The molecule has 33 heavy (non-hydrogen) atoms. The van der Waals surface area contributed by atoms with Gasteiger partial charge in [0.05, 0.1) is 12.2 Å². The highest BCUT2D eigenvalue weighted by atomic mass is 16.3. The Morgan fingerprint density at radius 1 is 1.06 bits per heavy atom. The van der Waals surface area contributed by atoms with Crippen molar-refractivity contribution in [3.8, 4) is 22.5 Å². The predicted octanol–water partition coefficient (Wildman–Crippen LogP) is 5.15. The molecule has 1 aliphatic rings. The first-order valence-corrected chi connectivity index (χ1v) is 11.5. The molecule has 4 aromatic heterocycles. The van der Waals surface area contributed by atoms with Crippen LogP contribution in [0.25, 0.3) is 44.2 Å². The van der Waals surface area contributed by atoms with E-state index >= 15 is 0 Å². The summed E-state index contributed by atoms with van der Waals surface area (Å²) in [5.74, 6) is 1.16. The van der Waals surface area contributed by atoms with E-state index in [1.807, 2.05) is 30.7 Å². The van der Waals surface area contributed by atoms with Crippen LogP contribution in [0.5, 0.6) is 0 Å². The molecular weight excluding hydrogens is 412 g/mol. The van der Waals surface area contributed by atoms with Gasteiger partial charge in [0, 0.05) is 65.3 Å². The Morgan fingerprint density at radius 2 is 1.94 bits per heavy atom. The van der Waals surface area contributed by atoms with E-state index in [0.717, 1.165) is 71.1 Å². The van der Waals surface area contributed by atoms with E-state index < -0.39 is 0 Å². The Morgan fingerprint density at radius 3 is 2.79 bits per heavy atom. The van der Waals surface area contributed by atoms with Crippen molar-refractivity contribution in [1.29, 1.82) is 0 Å². The van der Waals surface area contributed by atoms with Gasteiger partial charge in [-0.2, -0.15) is 5.10 Å². The maximum Gasteiger partial charge on any atom is 0.177 e. The number of hydrogen-bond donors (Lipinski definition) is 1. The molecular formula is C26H26N6O. The quantitative estimate of drug-likeness (QED) is 0.418. The topological polar surface area (TPSA) is 86.0 Å². The highest BCUT2D eigenvalue weighted by Gasteiger charge is 2.22. The Kier molecular flexibility index (Phi) is 4.84. The molecule has 0 aliphatic carbocycles. The van der Waals surface area contributed by atoms with E-state index in [2.05, 4.69) is 50.9 Å². The van der Waals surface area contributed by atoms with Crippen molar-refractivity contribution >= 4 is 27.6 Å². The summed E-state index contributed by atoms with van der Waals surface area (Å²) >= 11 is 0. The maximum absolute atomic E-state index is 6.26. The number of aromatic nitrogens is 4. The second-order valence-corrected chi connectivity index (χ2v) is 8.69. The summed E-state index contributed by atoms with van der Waals surface area (Å²) in [6.45, 7) is 5.58. The van der Waals surface area contributed by atoms with Crippen LogP contribution >= 0.6 is 0 Å². The zero-order valence-electron chi connectivity index (χ0n) is 18.6. The predicted molar refractivity (Wildman–Crippen MR) is 131 cm³/mol. The van der Waals surface area contributed by atoms with Gasteiger partial charge in [0.25, 0.3) is 0 Å². The first kappa shape index (κ1) is 19.9. The van der Waals surface area contributed by atoms with Crippen molar-refractivity contribution < 1.29 is 4.42 Å². The molecule has 7 heteroatoms. The van der Waals surface area contributed by atoms with E-state index in [-0.39, 0.29) is 0 Å². The molecule has 2 N–H and O–H groups in total. The Balaban J connectivity index is 1.41.